The second kappa shape index (κ2) is 13.4. The summed E-state index contributed by atoms with van der Waals surface area (Å²) in [5.41, 5.74) is 1.10. The van der Waals surface area contributed by atoms with Crippen molar-refractivity contribution in [2.45, 2.75) is 33.1 Å². The molecule has 0 heterocycles. The standard InChI is InChI=1S/C23H28Br2N2O4/c1-3-12-30-20-8-6-16(14-18(20)24)22(28)26-10-5-11-27-23(29)17-7-9-21(19(25)15-17)31-13-4-2/h6-9,14-15H,3-5,10-13H2,1-2H3,(H,26,28)(H,27,29). The van der Waals surface area contributed by atoms with E-state index in [4.69, 9.17) is 9.47 Å². The van der Waals surface area contributed by atoms with Crippen molar-refractivity contribution >= 4 is 43.7 Å². The van der Waals surface area contributed by atoms with Gasteiger partial charge in [0.05, 0.1) is 22.2 Å². The maximum atomic E-state index is 12.3. The average Bonchev–Trinajstić information content (AvgIpc) is 2.76. The van der Waals surface area contributed by atoms with Gasteiger partial charge in [0.25, 0.3) is 11.8 Å². The molecule has 0 bridgehead atoms. The van der Waals surface area contributed by atoms with Crippen LogP contribution in [0.15, 0.2) is 45.3 Å². The number of carbonyl (C=O) groups is 2. The zero-order valence-electron chi connectivity index (χ0n) is 17.8. The molecule has 0 aromatic heterocycles. The Morgan fingerprint density at radius 1 is 0.774 bits per heavy atom. The fraction of sp³-hybridized carbons (Fsp3) is 0.391. The molecule has 31 heavy (non-hydrogen) atoms. The molecule has 2 N–H and O–H groups in total. The maximum absolute atomic E-state index is 12.3. The minimum atomic E-state index is -0.166. The van der Waals surface area contributed by atoms with E-state index in [-0.39, 0.29) is 11.8 Å². The van der Waals surface area contributed by atoms with E-state index in [2.05, 4.69) is 42.5 Å². The number of halogens is 2. The van der Waals surface area contributed by atoms with Crippen molar-refractivity contribution in [1.82, 2.24) is 10.6 Å². The van der Waals surface area contributed by atoms with Crippen LogP contribution in [-0.4, -0.2) is 38.1 Å². The Morgan fingerprint density at radius 2 is 1.19 bits per heavy atom. The number of hydrogen-bond acceptors (Lipinski definition) is 4. The molecule has 2 amide bonds. The lowest BCUT2D eigenvalue weighted by atomic mass is 10.2. The molecular formula is C23H28Br2N2O4. The van der Waals surface area contributed by atoms with Crippen LogP contribution >= 0.6 is 31.9 Å². The zero-order chi connectivity index (χ0) is 22.6. The first-order chi connectivity index (χ1) is 15.0. The van der Waals surface area contributed by atoms with Gasteiger partial charge in [-0.2, -0.15) is 0 Å². The molecule has 0 spiro atoms. The van der Waals surface area contributed by atoms with Gasteiger partial charge < -0.3 is 20.1 Å². The van der Waals surface area contributed by atoms with Gasteiger partial charge in [0.1, 0.15) is 11.5 Å². The van der Waals surface area contributed by atoms with Gasteiger partial charge in [-0.05, 0) is 87.5 Å². The first-order valence-electron chi connectivity index (χ1n) is 10.4. The highest BCUT2D eigenvalue weighted by molar-refractivity contribution is 9.10. The van der Waals surface area contributed by atoms with Crippen LogP contribution in [0, 0.1) is 0 Å². The molecule has 0 radical (unpaired) electrons. The monoisotopic (exact) mass is 554 g/mol. The predicted octanol–water partition coefficient (Wildman–Crippen LogP) is 5.34. The Kier molecular flexibility index (Phi) is 10.9. The van der Waals surface area contributed by atoms with Gasteiger partial charge in [0.15, 0.2) is 0 Å². The van der Waals surface area contributed by atoms with Crippen LogP contribution in [-0.2, 0) is 0 Å². The minimum Gasteiger partial charge on any atom is -0.492 e. The van der Waals surface area contributed by atoms with E-state index in [1.54, 1.807) is 36.4 Å². The van der Waals surface area contributed by atoms with E-state index in [0.717, 1.165) is 33.3 Å². The van der Waals surface area contributed by atoms with Crippen molar-refractivity contribution in [3.8, 4) is 11.5 Å². The Balaban J connectivity index is 1.74. The summed E-state index contributed by atoms with van der Waals surface area (Å²) in [7, 11) is 0. The number of carbonyl (C=O) groups excluding carboxylic acids is 2. The highest BCUT2D eigenvalue weighted by Crippen LogP contribution is 2.27. The highest BCUT2D eigenvalue weighted by atomic mass is 79.9. The molecular weight excluding hydrogens is 528 g/mol. The fourth-order valence-electron chi connectivity index (χ4n) is 2.64. The van der Waals surface area contributed by atoms with Gasteiger partial charge in [-0.25, -0.2) is 0 Å². The third-order valence-corrected chi connectivity index (χ3v) is 5.48. The molecule has 0 saturated carbocycles. The molecule has 168 valence electrons. The second-order valence-electron chi connectivity index (χ2n) is 6.85. The van der Waals surface area contributed by atoms with Gasteiger partial charge in [-0.15, -0.1) is 0 Å². The van der Waals surface area contributed by atoms with Crippen LogP contribution in [0.2, 0.25) is 0 Å². The van der Waals surface area contributed by atoms with E-state index in [1.807, 2.05) is 13.8 Å². The van der Waals surface area contributed by atoms with Crippen molar-refractivity contribution < 1.29 is 19.1 Å². The smallest absolute Gasteiger partial charge is 0.251 e. The molecule has 0 aliphatic heterocycles. The van der Waals surface area contributed by atoms with Crippen molar-refractivity contribution in [1.29, 1.82) is 0 Å². The first kappa shape index (κ1) is 25.2. The molecule has 8 heteroatoms. The van der Waals surface area contributed by atoms with Gasteiger partial charge >= 0.3 is 0 Å². The number of ether oxygens (including phenoxy) is 2. The third-order valence-electron chi connectivity index (χ3n) is 4.24. The van der Waals surface area contributed by atoms with Gasteiger partial charge in [-0.1, -0.05) is 13.8 Å². The topological polar surface area (TPSA) is 76.7 Å². The Bertz CT molecular complexity index is 818. The Hall–Kier alpha value is -2.06. The Morgan fingerprint density at radius 3 is 1.55 bits per heavy atom. The lowest BCUT2D eigenvalue weighted by molar-refractivity contribution is 0.0951. The summed E-state index contributed by atoms with van der Waals surface area (Å²) in [6.07, 6.45) is 2.46. The molecule has 0 unspecified atom stereocenters. The third kappa shape index (κ3) is 8.18. The first-order valence-corrected chi connectivity index (χ1v) is 12.0. The number of rotatable bonds is 12. The number of nitrogens with one attached hydrogen (secondary N) is 2. The predicted molar refractivity (Wildman–Crippen MR) is 129 cm³/mol. The van der Waals surface area contributed by atoms with E-state index in [1.165, 1.54) is 0 Å². The maximum Gasteiger partial charge on any atom is 0.251 e. The van der Waals surface area contributed by atoms with Gasteiger partial charge in [0.2, 0.25) is 0 Å². The van der Waals surface area contributed by atoms with Crippen molar-refractivity contribution in [2.24, 2.45) is 0 Å². The van der Waals surface area contributed by atoms with E-state index in [9.17, 15) is 9.59 Å². The quantitative estimate of drug-likeness (QED) is 0.347. The molecule has 2 rings (SSSR count). The van der Waals surface area contributed by atoms with Crippen molar-refractivity contribution in [2.75, 3.05) is 26.3 Å². The molecule has 0 aliphatic rings. The van der Waals surface area contributed by atoms with Crippen LogP contribution in [0.5, 0.6) is 11.5 Å². The highest BCUT2D eigenvalue weighted by Gasteiger charge is 2.11. The summed E-state index contributed by atoms with van der Waals surface area (Å²) in [5.74, 6) is 1.11. The summed E-state index contributed by atoms with van der Waals surface area (Å²) >= 11 is 6.87. The van der Waals surface area contributed by atoms with Crippen LogP contribution in [0.1, 0.15) is 53.8 Å². The SMILES string of the molecule is CCCOc1ccc(C(=O)NCCCNC(=O)c2ccc(OCCC)c(Br)c2)cc1Br. The largest absolute Gasteiger partial charge is 0.492 e. The summed E-state index contributed by atoms with van der Waals surface area (Å²) in [5, 5.41) is 5.73. The van der Waals surface area contributed by atoms with Gasteiger partial charge in [0, 0.05) is 24.2 Å². The molecule has 0 atom stereocenters. The number of hydrogen-bond donors (Lipinski definition) is 2. The lowest BCUT2D eigenvalue weighted by Gasteiger charge is -2.11. The fourth-order valence-corrected chi connectivity index (χ4v) is 3.63. The van der Waals surface area contributed by atoms with Crippen LogP contribution in [0.25, 0.3) is 0 Å². The van der Waals surface area contributed by atoms with E-state index < -0.39 is 0 Å². The molecule has 6 nitrogen and oxygen atoms in total. The average molecular weight is 556 g/mol. The van der Waals surface area contributed by atoms with Gasteiger partial charge in [-0.3, -0.25) is 9.59 Å². The number of amides is 2. The molecule has 2 aromatic rings. The van der Waals surface area contributed by atoms with Crippen molar-refractivity contribution in [3.63, 3.8) is 0 Å². The molecule has 0 fully saturated rings. The van der Waals surface area contributed by atoms with E-state index >= 15 is 0 Å². The summed E-state index contributed by atoms with van der Waals surface area (Å²) in [4.78, 5) is 24.6. The van der Waals surface area contributed by atoms with Crippen molar-refractivity contribution in [3.05, 3.63) is 56.5 Å². The molecule has 0 aliphatic carbocycles. The van der Waals surface area contributed by atoms with Crippen LogP contribution in [0.3, 0.4) is 0 Å². The second-order valence-corrected chi connectivity index (χ2v) is 8.56. The summed E-state index contributed by atoms with van der Waals surface area (Å²) in [6.45, 7) is 6.25. The summed E-state index contributed by atoms with van der Waals surface area (Å²) < 4.78 is 12.7. The molecule has 2 aromatic carbocycles. The Labute approximate surface area is 200 Å². The van der Waals surface area contributed by atoms with Crippen LogP contribution in [0.4, 0.5) is 0 Å². The summed E-state index contributed by atoms with van der Waals surface area (Å²) in [6, 6.07) is 10.5. The zero-order valence-corrected chi connectivity index (χ0v) is 21.0. The normalized spacial score (nSPS) is 10.5. The number of benzene rings is 2. The minimum absolute atomic E-state index is 0.166. The lowest BCUT2D eigenvalue weighted by Crippen LogP contribution is -2.29. The van der Waals surface area contributed by atoms with E-state index in [0.29, 0.717) is 43.9 Å². The van der Waals surface area contributed by atoms with Crippen LogP contribution < -0.4 is 20.1 Å². The molecule has 0 saturated heterocycles.